The lowest BCUT2D eigenvalue weighted by molar-refractivity contribution is -0.146. The lowest BCUT2D eigenvalue weighted by Gasteiger charge is -2.30. The van der Waals surface area contributed by atoms with Gasteiger partial charge >= 0.3 is 12.1 Å². The normalized spacial score (nSPS) is 26.1. The zero-order valence-corrected chi connectivity index (χ0v) is 29.5. The summed E-state index contributed by atoms with van der Waals surface area (Å²) in [6.45, 7) is 5.42. The van der Waals surface area contributed by atoms with E-state index in [4.69, 9.17) is 19.2 Å². The Labute approximate surface area is 297 Å². The highest BCUT2D eigenvalue weighted by Gasteiger charge is 2.61. The fraction of sp³-hybridized carbons (Fsp3) is 0.462. The number of carboxylic acids is 1. The maximum atomic E-state index is 14.4. The molecule has 5 atom stereocenters. The van der Waals surface area contributed by atoms with Crippen LogP contribution < -0.4 is 20.2 Å². The molecule has 2 aromatic carbocycles. The summed E-state index contributed by atoms with van der Waals surface area (Å²) in [5.41, 5.74) is 2.62. The number of carbonyl (C=O) groups excluding carboxylic acids is 3. The first-order chi connectivity index (χ1) is 24.4. The second-order valence-electron chi connectivity index (χ2n) is 14.6. The van der Waals surface area contributed by atoms with Crippen LogP contribution in [0.1, 0.15) is 65.7 Å². The Kier molecular flexibility index (Phi) is 10.2. The van der Waals surface area contributed by atoms with Gasteiger partial charge in [-0.1, -0.05) is 48.9 Å². The fourth-order valence-electron chi connectivity index (χ4n) is 7.06. The summed E-state index contributed by atoms with van der Waals surface area (Å²) in [6, 6.07) is 17.0. The van der Waals surface area contributed by atoms with Crippen LogP contribution in [0, 0.1) is 17.8 Å². The van der Waals surface area contributed by atoms with Crippen LogP contribution in [0.5, 0.6) is 11.5 Å². The van der Waals surface area contributed by atoms with E-state index in [2.05, 4.69) is 10.7 Å². The number of hydrogen-bond donors (Lipinski definition) is 3. The molecule has 2 saturated carbocycles. The molecule has 2 heterocycles. The van der Waals surface area contributed by atoms with E-state index in [0.717, 1.165) is 30.2 Å². The molecule has 270 valence electrons. The summed E-state index contributed by atoms with van der Waals surface area (Å²) in [4.78, 5) is 58.8. The number of rotatable bonds is 6. The van der Waals surface area contributed by atoms with Crippen LogP contribution in [-0.4, -0.2) is 69.9 Å². The molecular formula is C39H46N4O8. The van der Waals surface area contributed by atoms with Gasteiger partial charge in [-0.05, 0) is 71.4 Å². The second-order valence-corrected chi connectivity index (χ2v) is 14.6. The molecule has 6 rings (SSSR count). The highest BCUT2D eigenvalue weighted by molar-refractivity contribution is 5.95. The summed E-state index contributed by atoms with van der Waals surface area (Å²) < 4.78 is 17.6. The average Bonchev–Trinajstić information content (AvgIpc) is 3.63. The quantitative estimate of drug-likeness (QED) is 0.261. The summed E-state index contributed by atoms with van der Waals surface area (Å²) in [5, 5.41) is 15.0. The number of carboxylic acid groups (broad SMARTS) is 1. The number of methoxy groups -OCH3 is 1. The van der Waals surface area contributed by atoms with E-state index < -0.39 is 53.0 Å². The molecule has 3 N–H and O–H groups in total. The number of ether oxygens (including phenoxy) is 3. The molecule has 0 saturated heterocycles. The number of nitrogens with zero attached hydrogens (tertiary/aromatic N) is 2. The monoisotopic (exact) mass is 698 g/mol. The van der Waals surface area contributed by atoms with Crippen molar-refractivity contribution in [2.75, 3.05) is 13.7 Å². The lowest BCUT2D eigenvalue weighted by atomic mass is 9.93. The number of hydrazine groups is 1. The van der Waals surface area contributed by atoms with Crippen LogP contribution in [-0.2, 0) is 19.1 Å². The van der Waals surface area contributed by atoms with Crippen LogP contribution in [0.4, 0.5) is 4.79 Å². The number of aliphatic carboxylic acids is 1. The first kappa shape index (κ1) is 35.7. The Balaban J connectivity index is 1.34. The molecule has 51 heavy (non-hydrogen) atoms. The van der Waals surface area contributed by atoms with Crippen molar-refractivity contribution in [1.82, 2.24) is 20.7 Å². The number of allylic oxidation sites excluding steroid dienone is 1. The molecule has 2 aliphatic carbocycles. The van der Waals surface area contributed by atoms with Gasteiger partial charge in [-0.15, -0.1) is 0 Å². The van der Waals surface area contributed by atoms with Gasteiger partial charge in [0.1, 0.15) is 28.7 Å². The largest absolute Gasteiger partial charge is 0.497 e. The fourth-order valence-corrected chi connectivity index (χ4v) is 7.06. The van der Waals surface area contributed by atoms with Gasteiger partial charge in [0, 0.05) is 35.5 Å². The van der Waals surface area contributed by atoms with E-state index in [1.54, 1.807) is 27.9 Å². The predicted octanol–water partition coefficient (Wildman–Crippen LogP) is 6.04. The van der Waals surface area contributed by atoms with E-state index in [9.17, 15) is 24.3 Å². The predicted molar refractivity (Wildman–Crippen MR) is 190 cm³/mol. The van der Waals surface area contributed by atoms with Crippen molar-refractivity contribution in [3.63, 3.8) is 0 Å². The maximum Gasteiger partial charge on any atom is 0.426 e. The number of carbonyl (C=O) groups is 4. The molecule has 12 heteroatoms. The van der Waals surface area contributed by atoms with Crippen LogP contribution in [0.15, 0.2) is 66.7 Å². The zero-order chi connectivity index (χ0) is 36.3. The van der Waals surface area contributed by atoms with Crippen LogP contribution in [0.3, 0.4) is 0 Å². The average molecular weight is 699 g/mol. The third-order valence-corrected chi connectivity index (χ3v) is 9.77. The Bertz CT molecular complexity index is 1820. The van der Waals surface area contributed by atoms with Crippen molar-refractivity contribution in [2.24, 2.45) is 17.8 Å². The van der Waals surface area contributed by atoms with E-state index in [1.165, 1.54) is 5.01 Å². The summed E-state index contributed by atoms with van der Waals surface area (Å²) in [5.74, 6) is -3.09. The molecule has 0 unspecified atom stereocenters. The standard InChI is InChI=1S/C39H46N4O8/c1-38(2,3)51-37(48)42-43-18-12-7-5-6-11-15-25-23-39(25,36(46)47)41-34(44)29-19-27(20-30(29)35(43)45)50-33-22-31(24-13-9-8-10-14-24)40-32-21-26(49-4)16-17-28(32)33/h8-11,13-17,21-22,25,27,29-30H,5-7,12,18-20,23H2,1-4H3,(H,41,44)(H,42,48)(H,46,47)/b15-11-/t25-,27+,29+,30+,39+/m0/s1. The molecule has 1 aliphatic heterocycles. The highest BCUT2D eigenvalue weighted by Crippen LogP contribution is 2.47. The Morgan fingerprint density at radius 2 is 1.78 bits per heavy atom. The van der Waals surface area contributed by atoms with Crippen molar-refractivity contribution in [3.05, 3.63) is 66.7 Å². The smallest absolute Gasteiger partial charge is 0.426 e. The van der Waals surface area contributed by atoms with Crippen molar-refractivity contribution in [3.8, 4) is 22.8 Å². The molecule has 0 radical (unpaired) electrons. The molecule has 3 aromatic rings. The first-order valence-corrected chi connectivity index (χ1v) is 17.6. The third-order valence-electron chi connectivity index (χ3n) is 9.77. The van der Waals surface area contributed by atoms with E-state index in [-0.39, 0.29) is 31.7 Å². The highest BCUT2D eigenvalue weighted by atomic mass is 16.6. The van der Waals surface area contributed by atoms with Crippen LogP contribution in [0.25, 0.3) is 22.2 Å². The number of fused-ring (bicyclic) bond motifs is 3. The molecule has 3 aliphatic rings. The summed E-state index contributed by atoms with van der Waals surface area (Å²) in [6.07, 6.45) is 6.00. The van der Waals surface area contributed by atoms with Gasteiger partial charge in [-0.2, -0.15) is 0 Å². The van der Waals surface area contributed by atoms with Gasteiger partial charge in [-0.3, -0.25) is 14.6 Å². The SMILES string of the molecule is COc1ccc2c(O[C@@H]3C[C@H]4C(=O)N[C@]5(C(=O)O)C[C@@H]5/C=C\CCCCCN(NC(=O)OC(C)(C)C)C(=O)[C@@H]4C3)cc(-c3ccccc3)nc2c1. The van der Waals surface area contributed by atoms with Crippen molar-refractivity contribution < 1.29 is 38.5 Å². The molecule has 3 amide bonds. The van der Waals surface area contributed by atoms with Crippen molar-refractivity contribution in [2.45, 2.75) is 83.0 Å². The first-order valence-electron chi connectivity index (χ1n) is 17.6. The molecular weight excluding hydrogens is 652 g/mol. The summed E-state index contributed by atoms with van der Waals surface area (Å²) in [7, 11) is 1.59. The Morgan fingerprint density at radius 1 is 1.02 bits per heavy atom. The third kappa shape index (κ3) is 8.10. The van der Waals surface area contributed by atoms with Crippen molar-refractivity contribution in [1.29, 1.82) is 0 Å². The minimum absolute atomic E-state index is 0.152. The van der Waals surface area contributed by atoms with Gasteiger partial charge in [0.15, 0.2) is 0 Å². The Morgan fingerprint density at radius 3 is 2.51 bits per heavy atom. The number of hydrogen-bond acceptors (Lipinski definition) is 8. The minimum Gasteiger partial charge on any atom is -0.497 e. The molecule has 0 bridgehead atoms. The molecule has 0 spiro atoms. The van der Waals surface area contributed by atoms with Gasteiger partial charge in [0.2, 0.25) is 11.8 Å². The number of pyridine rings is 1. The van der Waals surface area contributed by atoms with Gasteiger partial charge in [-0.25, -0.2) is 20.0 Å². The number of benzene rings is 2. The van der Waals surface area contributed by atoms with Crippen LogP contribution in [0.2, 0.25) is 0 Å². The number of amides is 3. The van der Waals surface area contributed by atoms with Crippen LogP contribution >= 0.6 is 0 Å². The van der Waals surface area contributed by atoms with Crippen molar-refractivity contribution >= 4 is 34.8 Å². The second kappa shape index (κ2) is 14.6. The molecule has 12 nitrogen and oxygen atoms in total. The topological polar surface area (TPSA) is 156 Å². The number of aromatic nitrogens is 1. The van der Waals surface area contributed by atoms with E-state index in [0.29, 0.717) is 29.1 Å². The van der Waals surface area contributed by atoms with Gasteiger partial charge in [0.05, 0.1) is 30.2 Å². The summed E-state index contributed by atoms with van der Waals surface area (Å²) >= 11 is 0. The Hall–Kier alpha value is -5.13. The lowest BCUT2D eigenvalue weighted by Crippen LogP contribution is -2.53. The molecule has 1 aromatic heterocycles. The van der Waals surface area contributed by atoms with Gasteiger partial charge < -0.3 is 24.6 Å². The van der Waals surface area contributed by atoms with E-state index in [1.807, 2.05) is 66.7 Å². The number of nitrogens with one attached hydrogen (secondary N) is 2. The minimum atomic E-state index is -1.43. The molecule has 2 fully saturated rings. The van der Waals surface area contributed by atoms with E-state index >= 15 is 0 Å². The zero-order valence-electron chi connectivity index (χ0n) is 29.5. The van der Waals surface area contributed by atoms with Gasteiger partial charge in [0.25, 0.3) is 0 Å². The maximum absolute atomic E-state index is 14.4.